The molecule has 0 unspecified atom stereocenters. The molecule has 3 N–H and O–H groups in total. The SMILES string of the molecule is COc1ccc(-c2cc(C(=O)N/N=C/c3cccc(O)c3)[nH]n2)cc1. The first-order valence-corrected chi connectivity index (χ1v) is 7.48. The van der Waals surface area contributed by atoms with Crippen LogP contribution >= 0.6 is 0 Å². The minimum Gasteiger partial charge on any atom is -0.508 e. The van der Waals surface area contributed by atoms with Crippen LogP contribution in [0.2, 0.25) is 0 Å². The van der Waals surface area contributed by atoms with Gasteiger partial charge in [0.1, 0.15) is 17.2 Å². The Morgan fingerprint density at radius 2 is 2.04 bits per heavy atom. The molecule has 3 aromatic rings. The minimum atomic E-state index is -0.413. The summed E-state index contributed by atoms with van der Waals surface area (Å²) in [7, 11) is 1.60. The van der Waals surface area contributed by atoms with Gasteiger partial charge in [0, 0.05) is 5.56 Å². The first-order valence-electron chi connectivity index (χ1n) is 7.48. The topological polar surface area (TPSA) is 99.6 Å². The van der Waals surface area contributed by atoms with Crippen LogP contribution in [0, 0.1) is 0 Å². The van der Waals surface area contributed by atoms with Crippen LogP contribution in [0.4, 0.5) is 0 Å². The number of H-pyrrole nitrogens is 1. The highest BCUT2D eigenvalue weighted by Crippen LogP contribution is 2.21. The van der Waals surface area contributed by atoms with Crippen LogP contribution < -0.4 is 10.2 Å². The Morgan fingerprint density at radius 1 is 1.24 bits per heavy atom. The Morgan fingerprint density at radius 3 is 2.76 bits per heavy atom. The van der Waals surface area contributed by atoms with Gasteiger partial charge < -0.3 is 9.84 Å². The number of aromatic hydroxyl groups is 1. The predicted molar refractivity (Wildman–Crippen MR) is 93.7 cm³/mol. The number of ether oxygens (including phenoxy) is 1. The Labute approximate surface area is 144 Å². The summed E-state index contributed by atoms with van der Waals surface area (Å²) in [5.74, 6) is 0.468. The fourth-order valence-corrected chi connectivity index (χ4v) is 2.18. The zero-order valence-corrected chi connectivity index (χ0v) is 13.4. The number of phenols is 1. The second-order valence-electron chi connectivity index (χ2n) is 5.19. The predicted octanol–water partition coefficient (Wildman–Crippen LogP) is 2.55. The van der Waals surface area contributed by atoms with Gasteiger partial charge in [0.15, 0.2) is 0 Å². The van der Waals surface area contributed by atoms with Crippen molar-refractivity contribution in [2.24, 2.45) is 5.10 Å². The number of nitrogens with zero attached hydrogens (tertiary/aromatic N) is 2. The van der Waals surface area contributed by atoms with Crippen LogP contribution in [0.5, 0.6) is 11.5 Å². The number of rotatable bonds is 5. The molecule has 0 bridgehead atoms. The van der Waals surface area contributed by atoms with E-state index in [2.05, 4.69) is 20.7 Å². The lowest BCUT2D eigenvalue weighted by molar-refractivity contribution is 0.0950. The van der Waals surface area contributed by atoms with Crippen molar-refractivity contribution < 1.29 is 14.6 Å². The third-order valence-corrected chi connectivity index (χ3v) is 3.46. The molecule has 2 aromatic carbocycles. The van der Waals surface area contributed by atoms with Gasteiger partial charge in [-0.05, 0) is 48.0 Å². The van der Waals surface area contributed by atoms with Gasteiger partial charge in [-0.2, -0.15) is 10.2 Å². The van der Waals surface area contributed by atoms with E-state index in [1.54, 1.807) is 31.4 Å². The first kappa shape index (κ1) is 16.3. The monoisotopic (exact) mass is 336 g/mol. The fourth-order valence-electron chi connectivity index (χ4n) is 2.18. The standard InChI is InChI=1S/C18H16N4O3/c1-25-15-7-5-13(6-8-15)16-10-17(21-20-16)18(24)22-19-11-12-3-2-4-14(23)9-12/h2-11,23H,1H3,(H,20,21)(H,22,24)/b19-11+. The summed E-state index contributed by atoms with van der Waals surface area (Å²) in [5.41, 5.74) is 4.87. The molecule has 25 heavy (non-hydrogen) atoms. The van der Waals surface area contributed by atoms with Crippen LogP contribution in [-0.2, 0) is 0 Å². The Hall–Kier alpha value is -3.61. The number of carbonyl (C=O) groups is 1. The maximum atomic E-state index is 12.1. The first-order chi connectivity index (χ1) is 12.2. The second-order valence-corrected chi connectivity index (χ2v) is 5.19. The summed E-state index contributed by atoms with van der Waals surface area (Å²) in [6, 6.07) is 15.5. The van der Waals surface area contributed by atoms with Crippen molar-refractivity contribution in [2.45, 2.75) is 0 Å². The van der Waals surface area contributed by atoms with Crippen molar-refractivity contribution in [3.05, 3.63) is 65.9 Å². The Kier molecular flexibility index (Phi) is 4.75. The lowest BCUT2D eigenvalue weighted by Crippen LogP contribution is -2.17. The highest BCUT2D eigenvalue weighted by molar-refractivity contribution is 5.94. The number of methoxy groups -OCH3 is 1. The number of hydrazone groups is 1. The van der Waals surface area contributed by atoms with E-state index in [0.29, 0.717) is 17.0 Å². The summed E-state index contributed by atoms with van der Waals surface area (Å²) in [6.45, 7) is 0. The van der Waals surface area contributed by atoms with E-state index in [1.165, 1.54) is 12.3 Å². The lowest BCUT2D eigenvalue weighted by atomic mass is 10.1. The van der Waals surface area contributed by atoms with Gasteiger partial charge in [-0.25, -0.2) is 5.43 Å². The van der Waals surface area contributed by atoms with Gasteiger partial charge in [0.25, 0.3) is 5.91 Å². The molecule has 3 rings (SSSR count). The van der Waals surface area contributed by atoms with Crippen molar-refractivity contribution >= 4 is 12.1 Å². The maximum Gasteiger partial charge on any atom is 0.289 e. The van der Waals surface area contributed by atoms with Crippen LogP contribution in [0.15, 0.2) is 59.7 Å². The van der Waals surface area contributed by atoms with Gasteiger partial charge in [0.2, 0.25) is 0 Å². The average Bonchev–Trinajstić information content (AvgIpc) is 3.12. The van der Waals surface area contributed by atoms with Gasteiger partial charge >= 0.3 is 0 Å². The van der Waals surface area contributed by atoms with Crippen LogP contribution in [0.3, 0.4) is 0 Å². The molecule has 0 aliphatic carbocycles. The van der Waals surface area contributed by atoms with E-state index in [4.69, 9.17) is 4.74 Å². The third-order valence-electron chi connectivity index (χ3n) is 3.46. The average molecular weight is 336 g/mol. The largest absolute Gasteiger partial charge is 0.508 e. The molecule has 7 heteroatoms. The highest BCUT2D eigenvalue weighted by Gasteiger charge is 2.10. The Bertz CT molecular complexity index is 901. The molecule has 1 heterocycles. The molecule has 126 valence electrons. The Balaban J connectivity index is 1.66. The van der Waals surface area contributed by atoms with E-state index in [0.717, 1.165) is 11.3 Å². The molecule has 0 saturated heterocycles. The van der Waals surface area contributed by atoms with Crippen LogP contribution in [-0.4, -0.2) is 34.5 Å². The highest BCUT2D eigenvalue weighted by atomic mass is 16.5. The number of aromatic amines is 1. The lowest BCUT2D eigenvalue weighted by Gasteiger charge is -2.00. The number of nitrogens with one attached hydrogen (secondary N) is 2. The molecule has 0 fully saturated rings. The molecular weight excluding hydrogens is 320 g/mol. The zero-order valence-electron chi connectivity index (χ0n) is 13.4. The van der Waals surface area contributed by atoms with E-state index < -0.39 is 5.91 Å². The fraction of sp³-hybridized carbons (Fsp3) is 0.0556. The number of hydrogen-bond donors (Lipinski definition) is 3. The number of benzene rings is 2. The number of hydrogen-bond acceptors (Lipinski definition) is 5. The molecule has 1 amide bonds. The third kappa shape index (κ3) is 4.03. The minimum absolute atomic E-state index is 0.132. The molecule has 0 aliphatic rings. The number of carbonyl (C=O) groups excluding carboxylic acids is 1. The molecule has 0 atom stereocenters. The van der Waals surface area contributed by atoms with Crippen LogP contribution in [0.1, 0.15) is 16.1 Å². The summed E-state index contributed by atoms with van der Waals surface area (Å²) < 4.78 is 5.11. The van der Waals surface area contributed by atoms with Crippen molar-refractivity contribution in [3.8, 4) is 22.8 Å². The summed E-state index contributed by atoms with van der Waals surface area (Å²) in [6.07, 6.45) is 1.44. The van der Waals surface area contributed by atoms with Gasteiger partial charge in [-0.1, -0.05) is 12.1 Å². The molecular formula is C18H16N4O3. The number of phenolic OH excluding ortho intramolecular Hbond substituents is 1. The molecule has 1 aromatic heterocycles. The number of aromatic nitrogens is 2. The van der Waals surface area contributed by atoms with Crippen molar-refractivity contribution in [1.82, 2.24) is 15.6 Å². The summed E-state index contributed by atoms with van der Waals surface area (Å²) in [4.78, 5) is 12.1. The zero-order chi connectivity index (χ0) is 17.6. The molecule has 0 saturated carbocycles. The van der Waals surface area contributed by atoms with Gasteiger partial charge in [-0.15, -0.1) is 0 Å². The maximum absolute atomic E-state index is 12.1. The molecule has 0 radical (unpaired) electrons. The molecule has 7 nitrogen and oxygen atoms in total. The van der Waals surface area contributed by atoms with Gasteiger partial charge in [0.05, 0.1) is 19.0 Å². The molecule has 0 spiro atoms. The van der Waals surface area contributed by atoms with Crippen LogP contribution in [0.25, 0.3) is 11.3 Å². The molecule has 0 aliphatic heterocycles. The normalized spacial score (nSPS) is 10.8. The smallest absolute Gasteiger partial charge is 0.289 e. The number of amides is 1. The quantitative estimate of drug-likeness (QED) is 0.492. The van der Waals surface area contributed by atoms with E-state index >= 15 is 0 Å². The summed E-state index contributed by atoms with van der Waals surface area (Å²) >= 11 is 0. The van der Waals surface area contributed by atoms with E-state index in [-0.39, 0.29) is 5.75 Å². The van der Waals surface area contributed by atoms with Crippen molar-refractivity contribution in [2.75, 3.05) is 7.11 Å². The van der Waals surface area contributed by atoms with Crippen molar-refractivity contribution in [3.63, 3.8) is 0 Å². The summed E-state index contributed by atoms with van der Waals surface area (Å²) in [5, 5.41) is 20.0. The van der Waals surface area contributed by atoms with Gasteiger partial charge in [-0.3, -0.25) is 9.89 Å². The van der Waals surface area contributed by atoms with E-state index in [1.807, 2.05) is 24.3 Å². The van der Waals surface area contributed by atoms with E-state index in [9.17, 15) is 9.90 Å². The van der Waals surface area contributed by atoms with Crippen molar-refractivity contribution in [1.29, 1.82) is 0 Å². The second kappa shape index (κ2) is 7.31.